The Hall–Kier alpha value is -1.90. The SMILES string of the molecule is [2H]C=C(c1ccccc1)C1(C(=O)OCC)CCCCC1=O. The Morgan fingerprint density at radius 2 is 2.15 bits per heavy atom. The zero-order chi connectivity index (χ0) is 15.3. The van der Waals surface area contributed by atoms with Crippen molar-refractivity contribution in [3.63, 3.8) is 0 Å². The van der Waals surface area contributed by atoms with Crippen LogP contribution in [0.5, 0.6) is 0 Å². The molecule has 0 N–H and O–H groups in total. The van der Waals surface area contributed by atoms with E-state index in [1.807, 2.05) is 30.3 Å². The Balaban J connectivity index is 2.53. The van der Waals surface area contributed by atoms with Gasteiger partial charge < -0.3 is 4.74 Å². The monoisotopic (exact) mass is 273 g/mol. The van der Waals surface area contributed by atoms with E-state index < -0.39 is 11.4 Å². The van der Waals surface area contributed by atoms with Crippen molar-refractivity contribution in [2.45, 2.75) is 32.6 Å². The first kappa shape index (κ1) is 13.1. The van der Waals surface area contributed by atoms with Crippen molar-refractivity contribution in [1.82, 2.24) is 0 Å². The topological polar surface area (TPSA) is 43.4 Å². The highest BCUT2D eigenvalue weighted by Gasteiger charge is 2.50. The van der Waals surface area contributed by atoms with Gasteiger partial charge in [0, 0.05) is 6.42 Å². The summed E-state index contributed by atoms with van der Waals surface area (Å²) in [7, 11) is 0. The van der Waals surface area contributed by atoms with E-state index in [0.717, 1.165) is 25.0 Å². The predicted octanol–water partition coefficient (Wildman–Crippen LogP) is 3.39. The van der Waals surface area contributed by atoms with Crippen LogP contribution in [0.2, 0.25) is 0 Å². The average Bonchev–Trinajstić information content (AvgIpc) is 2.51. The lowest BCUT2D eigenvalue weighted by atomic mass is 9.66. The van der Waals surface area contributed by atoms with E-state index in [1.165, 1.54) is 0 Å². The average molecular weight is 273 g/mol. The Labute approximate surface area is 121 Å². The van der Waals surface area contributed by atoms with Gasteiger partial charge in [-0.3, -0.25) is 9.59 Å². The number of hydrogen-bond acceptors (Lipinski definition) is 3. The molecule has 106 valence electrons. The molecule has 20 heavy (non-hydrogen) atoms. The van der Waals surface area contributed by atoms with E-state index in [9.17, 15) is 9.59 Å². The van der Waals surface area contributed by atoms with Crippen LogP contribution < -0.4 is 0 Å². The quantitative estimate of drug-likeness (QED) is 0.624. The first-order valence-electron chi connectivity index (χ1n) is 7.59. The van der Waals surface area contributed by atoms with Gasteiger partial charge in [0.05, 0.1) is 7.98 Å². The van der Waals surface area contributed by atoms with E-state index >= 15 is 0 Å². The van der Waals surface area contributed by atoms with Crippen LogP contribution in [-0.4, -0.2) is 18.4 Å². The second kappa shape index (κ2) is 6.04. The Morgan fingerprint density at radius 1 is 1.40 bits per heavy atom. The lowest BCUT2D eigenvalue weighted by Gasteiger charge is -2.35. The highest BCUT2D eigenvalue weighted by Crippen LogP contribution is 2.44. The lowest BCUT2D eigenvalue weighted by Crippen LogP contribution is -2.43. The maximum Gasteiger partial charge on any atom is 0.324 e. The molecule has 3 nitrogen and oxygen atoms in total. The summed E-state index contributed by atoms with van der Waals surface area (Å²) in [6, 6.07) is 9.19. The number of rotatable bonds is 4. The number of carbonyl (C=O) groups excluding carboxylic acids is 2. The molecule has 0 radical (unpaired) electrons. The van der Waals surface area contributed by atoms with Crippen molar-refractivity contribution >= 4 is 17.3 Å². The molecule has 1 unspecified atom stereocenters. The lowest BCUT2D eigenvalue weighted by molar-refractivity contribution is -0.157. The van der Waals surface area contributed by atoms with Crippen LogP contribution in [0.15, 0.2) is 36.9 Å². The first-order valence-corrected chi connectivity index (χ1v) is 7.01. The Bertz CT molecular complexity index is 550. The van der Waals surface area contributed by atoms with Crippen LogP contribution in [0, 0.1) is 5.41 Å². The number of hydrogen-bond donors (Lipinski definition) is 0. The van der Waals surface area contributed by atoms with Crippen LogP contribution in [0.3, 0.4) is 0 Å². The van der Waals surface area contributed by atoms with Crippen LogP contribution in [0.1, 0.15) is 39.5 Å². The molecule has 1 fully saturated rings. The number of ether oxygens (including phenoxy) is 1. The summed E-state index contributed by atoms with van der Waals surface area (Å²) >= 11 is 0. The van der Waals surface area contributed by atoms with Gasteiger partial charge in [0.25, 0.3) is 0 Å². The van der Waals surface area contributed by atoms with Crippen LogP contribution in [0.25, 0.3) is 5.57 Å². The van der Waals surface area contributed by atoms with Crippen molar-refractivity contribution in [2.75, 3.05) is 6.61 Å². The molecule has 0 heterocycles. The molecule has 0 spiro atoms. The molecule has 0 aromatic heterocycles. The zero-order valence-corrected chi connectivity index (χ0v) is 11.7. The predicted molar refractivity (Wildman–Crippen MR) is 78.0 cm³/mol. The molecule has 0 aliphatic heterocycles. The Morgan fingerprint density at radius 3 is 2.75 bits per heavy atom. The van der Waals surface area contributed by atoms with E-state index in [4.69, 9.17) is 6.11 Å². The smallest absolute Gasteiger partial charge is 0.324 e. The van der Waals surface area contributed by atoms with Gasteiger partial charge >= 0.3 is 5.97 Å². The van der Waals surface area contributed by atoms with Crippen molar-refractivity contribution in [3.05, 3.63) is 42.5 Å². The third kappa shape index (κ3) is 2.40. The van der Waals surface area contributed by atoms with Crippen LogP contribution >= 0.6 is 0 Å². The van der Waals surface area contributed by atoms with Gasteiger partial charge in [-0.25, -0.2) is 0 Å². The summed E-state index contributed by atoms with van der Waals surface area (Å²) in [4.78, 5) is 25.1. The minimum Gasteiger partial charge on any atom is -0.465 e. The van der Waals surface area contributed by atoms with Gasteiger partial charge in [-0.15, -0.1) is 0 Å². The fraction of sp³-hybridized carbons (Fsp3) is 0.412. The molecular weight excluding hydrogens is 252 g/mol. The van der Waals surface area contributed by atoms with Crippen molar-refractivity contribution in [3.8, 4) is 0 Å². The van der Waals surface area contributed by atoms with Gasteiger partial charge in [-0.2, -0.15) is 0 Å². The fourth-order valence-corrected chi connectivity index (χ4v) is 2.76. The Kier molecular flexibility index (Phi) is 3.95. The molecule has 0 bridgehead atoms. The van der Waals surface area contributed by atoms with E-state index in [2.05, 4.69) is 0 Å². The van der Waals surface area contributed by atoms with Gasteiger partial charge in [0.2, 0.25) is 0 Å². The zero-order valence-electron chi connectivity index (χ0n) is 12.7. The molecule has 1 saturated carbocycles. The molecule has 1 atom stereocenters. The fourth-order valence-electron chi connectivity index (χ4n) is 2.76. The molecule has 0 amide bonds. The van der Waals surface area contributed by atoms with Crippen molar-refractivity contribution in [1.29, 1.82) is 0 Å². The molecule has 2 rings (SSSR count). The van der Waals surface area contributed by atoms with E-state index in [0.29, 0.717) is 18.4 Å². The standard InChI is InChI=1S/C17H20O3/c1-3-20-16(19)17(12-8-7-11-15(17)18)13(2)14-9-5-4-6-10-14/h4-6,9-10H,2-3,7-8,11-12H2,1H3/i2D. The number of benzene rings is 1. The summed E-state index contributed by atoms with van der Waals surface area (Å²) in [6.07, 6.45) is 2.36. The molecule has 1 aromatic carbocycles. The van der Waals surface area contributed by atoms with E-state index in [1.54, 1.807) is 6.92 Å². The first-order chi connectivity index (χ1) is 10.2. The number of ketones is 1. The van der Waals surface area contributed by atoms with Crippen molar-refractivity contribution in [2.24, 2.45) is 5.41 Å². The molecular formula is C17H20O3. The molecule has 1 aliphatic rings. The maximum absolute atomic E-state index is 12.6. The van der Waals surface area contributed by atoms with Crippen LogP contribution in [0.4, 0.5) is 0 Å². The summed E-state index contributed by atoms with van der Waals surface area (Å²) < 4.78 is 12.9. The van der Waals surface area contributed by atoms with Crippen LogP contribution in [-0.2, 0) is 14.3 Å². The number of esters is 1. The molecule has 1 aliphatic carbocycles. The second-order valence-corrected chi connectivity index (χ2v) is 5.04. The highest BCUT2D eigenvalue weighted by atomic mass is 16.5. The van der Waals surface area contributed by atoms with Gasteiger partial charge in [-0.1, -0.05) is 43.3 Å². The molecule has 0 saturated heterocycles. The maximum atomic E-state index is 12.6. The summed E-state index contributed by atoms with van der Waals surface area (Å²) in [5, 5.41) is 0. The van der Waals surface area contributed by atoms with E-state index in [-0.39, 0.29) is 12.4 Å². The molecule has 3 heteroatoms. The third-order valence-electron chi connectivity index (χ3n) is 3.85. The highest BCUT2D eigenvalue weighted by molar-refractivity contribution is 6.14. The third-order valence-corrected chi connectivity index (χ3v) is 3.85. The van der Waals surface area contributed by atoms with Gasteiger partial charge in [-0.05, 0) is 30.9 Å². The van der Waals surface area contributed by atoms with Gasteiger partial charge in [0.15, 0.2) is 11.2 Å². The minimum absolute atomic E-state index is 0.130. The van der Waals surface area contributed by atoms with Gasteiger partial charge in [0.1, 0.15) is 0 Å². The van der Waals surface area contributed by atoms with Crippen molar-refractivity contribution < 1.29 is 15.7 Å². The minimum atomic E-state index is -1.31. The summed E-state index contributed by atoms with van der Waals surface area (Å²) in [6.45, 7) is 3.09. The summed E-state index contributed by atoms with van der Waals surface area (Å²) in [5.74, 6) is -0.647. The number of Topliss-reactive ketones (excluding diaryl/α,β-unsaturated/α-hetero) is 1. The summed E-state index contributed by atoms with van der Waals surface area (Å²) in [5.41, 5.74) is -0.126. The second-order valence-electron chi connectivity index (χ2n) is 5.04. The number of carbonyl (C=O) groups is 2. The molecule has 1 aromatic rings. The largest absolute Gasteiger partial charge is 0.465 e. The normalized spacial score (nSPS) is 24.1.